The number of esters is 1. The van der Waals surface area contributed by atoms with Gasteiger partial charge in [0.25, 0.3) is 5.91 Å². The van der Waals surface area contributed by atoms with Gasteiger partial charge in [0.1, 0.15) is 5.60 Å². The average Bonchev–Trinajstić information content (AvgIpc) is 3.33. The fourth-order valence-corrected chi connectivity index (χ4v) is 4.84. The van der Waals surface area contributed by atoms with Gasteiger partial charge in [0.05, 0.1) is 22.0 Å². The Morgan fingerprint density at radius 3 is 2.00 bits per heavy atom. The monoisotopic (exact) mass is 527 g/mol. The fraction of sp³-hybridized carbons (Fsp3) is 0.586. The van der Waals surface area contributed by atoms with Gasteiger partial charge >= 0.3 is 13.1 Å². The molecule has 6 nitrogen and oxygen atoms in total. The Labute approximate surface area is 226 Å². The smallest absolute Gasteiger partial charge is 0.460 e. The lowest BCUT2D eigenvalue weighted by Crippen LogP contribution is -2.41. The quantitative estimate of drug-likeness (QED) is 0.392. The lowest BCUT2D eigenvalue weighted by atomic mass is 9.78. The van der Waals surface area contributed by atoms with Gasteiger partial charge in [-0.3, -0.25) is 9.59 Å². The van der Waals surface area contributed by atoms with Crippen LogP contribution >= 0.6 is 11.3 Å². The van der Waals surface area contributed by atoms with Gasteiger partial charge in [-0.05, 0) is 83.5 Å². The largest absolute Gasteiger partial charge is 0.494 e. The number of benzene rings is 1. The van der Waals surface area contributed by atoms with Gasteiger partial charge in [-0.2, -0.15) is 0 Å². The molecule has 1 unspecified atom stereocenters. The Bertz CT molecular complexity index is 1090. The third-order valence-corrected chi connectivity index (χ3v) is 8.32. The highest BCUT2D eigenvalue weighted by atomic mass is 32.1. The maximum absolute atomic E-state index is 13.1. The van der Waals surface area contributed by atoms with E-state index in [1.54, 1.807) is 0 Å². The molecule has 0 radical (unpaired) electrons. The highest BCUT2D eigenvalue weighted by Gasteiger charge is 2.51. The predicted octanol–water partition coefficient (Wildman–Crippen LogP) is 5.28. The van der Waals surface area contributed by atoms with E-state index in [-0.39, 0.29) is 23.8 Å². The summed E-state index contributed by atoms with van der Waals surface area (Å²) in [4.78, 5) is 27.7. The van der Waals surface area contributed by atoms with E-state index in [2.05, 4.69) is 26.1 Å². The Kier molecular flexibility index (Phi) is 8.38. The molecule has 1 aromatic carbocycles. The Morgan fingerprint density at radius 2 is 1.51 bits per heavy atom. The van der Waals surface area contributed by atoms with Crippen molar-refractivity contribution in [3.63, 3.8) is 0 Å². The molecule has 3 rings (SSSR count). The van der Waals surface area contributed by atoms with Gasteiger partial charge in [-0.1, -0.05) is 45.0 Å². The molecule has 0 spiro atoms. The normalized spacial score (nSPS) is 17.9. The van der Waals surface area contributed by atoms with Crippen LogP contribution in [0.2, 0.25) is 0 Å². The van der Waals surface area contributed by atoms with Gasteiger partial charge in [0, 0.05) is 11.4 Å². The first-order valence-corrected chi connectivity index (χ1v) is 13.8. The molecular formula is C29H42BNO5S. The second kappa shape index (κ2) is 10.5. The first-order valence-electron chi connectivity index (χ1n) is 12.9. The van der Waals surface area contributed by atoms with Crippen molar-refractivity contribution >= 4 is 35.8 Å². The fourth-order valence-electron chi connectivity index (χ4n) is 3.86. The molecule has 2 heterocycles. The van der Waals surface area contributed by atoms with E-state index in [0.29, 0.717) is 11.3 Å². The van der Waals surface area contributed by atoms with Gasteiger partial charge in [-0.25, -0.2) is 0 Å². The average molecular weight is 528 g/mol. The third-order valence-electron chi connectivity index (χ3n) is 6.81. The third kappa shape index (κ3) is 7.46. The molecule has 1 aromatic heterocycles. The van der Waals surface area contributed by atoms with Crippen molar-refractivity contribution in [2.24, 2.45) is 5.92 Å². The molecule has 1 atom stereocenters. The molecule has 1 fully saturated rings. The van der Waals surface area contributed by atoms with E-state index in [1.165, 1.54) is 11.3 Å². The summed E-state index contributed by atoms with van der Waals surface area (Å²) < 4.78 is 18.0. The number of ether oxygens (including phenoxy) is 1. The topological polar surface area (TPSA) is 73.9 Å². The zero-order valence-corrected chi connectivity index (χ0v) is 24.8. The van der Waals surface area contributed by atoms with Crippen LogP contribution in [0, 0.1) is 5.92 Å². The number of hydrogen-bond donors (Lipinski definition) is 1. The Balaban J connectivity index is 1.71. The van der Waals surface area contributed by atoms with Crippen LogP contribution in [0.25, 0.3) is 0 Å². The SMILES string of the molecule is CC(C)(C)OC(=O)C(CNC(=O)c1ccc(C(C)(C)C)s1)Cc1ccc(B2OC(C)(C)C(C)(C)O2)cc1. The predicted molar refractivity (Wildman–Crippen MR) is 151 cm³/mol. The molecule has 37 heavy (non-hydrogen) atoms. The Morgan fingerprint density at radius 1 is 0.946 bits per heavy atom. The number of carbonyl (C=O) groups is 2. The molecular weight excluding hydrogens is 485 g/mol. The van der Waals surface area contributed by atoms with E-state index in [1.807, 2.05) is 84.9 Å². The second-order valence-corrected chi connectivity index (χ2v) is 14.0. The summed E-state index contributed by atoms with van der Waals surface area (Å²) in [6.07, 6.45) is 0.441. The number of hydrogen-bond acceptors (Lipinski definition) is 6. The maximum Gasteiger partial charge on any atom is 0.494 e. The molecule has 8 heteroatoms. The van der Waals surface area contributed by atoms with E-state index in [4.69, 9.17) is 14.0 Å². The number of nitrogens with one attached hydrogen (secondary N) is 1. The summed E-state index contributed by atoms with van der Waals surface area (Å²) in [5, 5.41) is 2.96. The summed E-state index contributed by atoms with van der Waals surface area (Å²) in [5.41, 5.74) is 0.441. The Hall–Kier alpha value is -2.16. The van der Waals surface area contributed by atoms with Crippen LogP contribution in [0.1, 0.15) is 89.3 Å². The molecule has 202 valence electrons. The van der Waals surface area contributed by atoms with Crippen LogP contribution in [0.4, 0.5) is 0 Å². The van der Waals surface area contributed by atoms with Gasteiger partial charge in [-0.15, -0.1) is 11.3 Å². The summed E-state index contributed by atoms with van der Waals surface area (Å²) in [6, 6.07) is 11.7. The number of rotatable bonds is 7. The summed E-state index contributed by atoms with van der Waals surface area (Å²) in [5.74, 6) is -1.03. The van der Waals surface area contributed by atoms with Crippen LogP contribution in [0.5, 0.6) is 0 Å². The van der Waals surface area contributed by atoms with Crippen LogP contribution in [-0.2, 0) is 30.7 Å². The highest BCUT2D eigenvalue weighted by molar-refractivity contribution is 7.14. The van der Waals surface area contributed by atoms with Crippen molar-refractivity contribution in [2.75, 3.05) is 6.54 Å². The summed E-state index contributed by atoms with van der Waals surface area (Å²) in [7, 11) is -0.441. The van der Waals surface area contributed by atoms with Crippen LogP contribution in [0.15, 0.2) is 36.4 Å². The summed E-state index contributed by atoms with van der Waals surface area (Å²) in [6.45, 7) is 20.2. The van der Waals surface area contributed by atoms with Gasteiger partial charge < -0.3 is 19.4 Å². The first-order chi connectivity index (χ1) is 16.9. The molecule has 0 saturated carbocycles. The lowest BCUT2D eigenvalue weighted by molar-refractivity contribution is -0.159. The molecule has 1 aliphatic heterocycles. The van der Waals surface area contributed by atoms with Crippen molar-refractivity contribution in [3.8, 4) is 0 Å². The van der Waals surface area contributed by atoms with Crippen molar-refractivity contribution < 1.29 is 23.6 Å². The molecule has 0 bridgehead atoms. The minimum Gasteiger partial charge on any atom is -0.460 e. The van der Waals surface area contributed by atoms with E-state index in [0.717, 1.165) is 15.9 Å². The zero-order chi connectivity index (χ0) is 27.8. The van der Waals surface area contributed by atoms with Crippen LogP contribution in [-0.4, -0.2) is 42.3 Å². The van der Waals surface area contributed by atoms with Crippen LogP contribution < -0.4 is 10.8 Å². The highest BCUT2D eigenvalue weighted by Crippen LogP contribution is 2.36. The standard InChI is InChI=1S/C29H42BNO5S/c1-26(2,3)23-16-15-22(37-23)24(32)31-18-20(25(33)34-27(4,5)6)17-19-11-13-21(14-12-19)30-35-28(7,8)29(9,10)36-30/h11-16,20H,17-18H2,1-10H3,(H,31,32). The summed E-state index contributed by atoms with van der Waals surface area (Å²) >= 11 is 1.48. The van der Waals surface area contributed by atoms with Crippen LogP contribution in [0.3, 0.4) is 0 Å². The minimum absolute atomic E-state index is 0.0194. The minimum atomic E-state index is -0.616. The van der Waals surface area contributed by atoms with Gasteiger partial charge in [0.15, 0.2) is 0 Å². The zero-order valence-electron chi connectivity index (χ0n) is 24.0. The molecule has 1 amide bonds. The number of carbonyl (C=O) groups excluding carboxylic acids is 2. The number of thiophene rings is 1. The molecule has 2 aromatic rings. The number of amides is 1. The lowest BCUT2D eigenvalue weighted by Gasteiger charge is -2.32. The van der Waals surface area contributed by atoms with Crippen molar-refractivity contribution in [1.82, 2.24) is 5.32 Å². The van der Waals surface area contributed by atoms with Crippen molar-refractivity contribution in [3.05, 3.63) is 51.7 Å². The second-order valence-electron chi connectivity index (χ2n) is 12.9. The van der Waals surface area contributed by atoms with Crippen molar-refractivity contribution in [2.45, 2.75) is 97.9 Å². The molecule has 1 aliphatic rings. The molecule has 0 aliphatic carbocycles. The van der Waals surface area contributed by atoms with E-state index in [9.17, 15) is 9.59 Å². The van der Waals surface area contributed by atoms with Gasteiger partial charge in [0.2, 0.25) is 0 Å². The van der Waals surface area contributed by atoms with E-state index < -0.39 is 29.8 Å². The maximum atomic E-state index is 13.1. The molecule has 1 N–H and O–H groups in total. The van der Waals surface area contributed by atoms with Crippen molar-refractivity contribution in [1.29, 1.82) is 0 Å². The first kappa shape index (κ1) is 29.4. The molecule has 1 saturated heterocycles. The van der Waals surface area contributed by atoms with E-state index >= 15 is 0 Å².